The van der Waals surface area contributed by atoms with E-state index >= 15 is 0 Å². The lowest BCUT2D eigenvalue weighted by atomic mass is 10.1. The Balaban J connectivity index is 1.40. The Bertz CT molecular complexity index is 905. The monoisotopic (exact) mass is 349 g/mol. The second-order valence-electron chi connectivity index (χ2n) is 7.26. The maximum Gasteiger partial charge on any atom is 0.183 e. The van der Waals surface area contributed by atoms with Crippen LogP contribution in [0.15, 0.2) is 30.6 Å². The zero-order valence-corrected chi connectivity index (χ0v) is 14.9. The van der Waals surface area contributed by atoms with E-state index in [9.17, 15) is 0 Å². The zero-order valence-electron chi connectivity index (χ0n) is 14.9. The molecule has 0 bridgehead atoms. The van der Waals surface area contributed by atoms with Gasteiger partial charge >= 0.3 is 0 Å². The molecule has 2 aliphatic rings. The topological polar surface area (TPSA) is 73.0 Å². The third-order valence-electron chi connectivity index (χ3n) is 5.22. The Morgan fingerprint density at radius 3 is 2.54 bits per heavy atom. The van der Waals surface area contributed by atoms with Crippen molar-refractivity contribution in [3.05, 3.63) is 30.6 Å². The van der Waals surface area contributed by atoms with Crippen molar-refractivity contribution in [1.82, 2.24) is 24.8 Å². The minimum Gasteiger partial charge on any atom is -0.369 e. The van der Waals surface area contributed by atoms with Gasteiger partial charge in [0.05, 0.1) is 0 Å². The van der Waals surface area contributed by atoms with Crippen LogP contribution in [0.2, 0.25) is 0 Å². The molecule has 0 unspecified atom stereocenters. The van der Waals surface area contributed by atoms with Gasteiger partial charge in [-0.3, -0.25) is 0 Å². The molecule has 26 heavy (non-hydrogen) atoms. The number of nitrogens with one attached hydrogen (secondary N) is 2. The number of hydrogen-bond donors (Lipinski definition) is 2. The number of aromatic nitrogens is 4. The molecule has 1 aromatic carbocycles. The van der Waals surface area contributed by atoms with Crippen LogP contribution in [0.25, 0.3) is 22.6 Å². The summed E-state index contributed by atoms with van der Waals surface area (Å²) in [6, 6.07) is 9.17. The number of anilines is 2. The van der Waals surface area contributed by atoms with Crippen LogP contribution in [-0.4, -0.2) is 64.1 Å². The van der Waals surface area contributed by atoms with Gasteiger partial charge in [0.1, 0.15) is 17.7 Å². The Hall–Kier alpha value is -2.67. The molecule has 7 heteroatoms. The molecule has 0 spiro atoms. The second kappa shape index (κ2) is 6.25. The Labute approximate surface area is 152 Å². The third-order valence-corrected chi connectivity index (χ3v) is 5.22. The fraction of sp³-hybridized carbons (Fsp3) is 0.421. The number of H-pyrrole nitrogens is 1. The fourth-order valence-corrected chi connectivity index (χ4v) is 3.39. The Morgan fingerprint density at radius 2 is 1.81 bits per heavy atom. The molecule has 1 saturated heterocycles. The number of fused-ring (bicyclic) bond motifs is 1. The molecule has 3 heterocycles. The van der Waals surface area contributed by atoms with Crippen molar-refractivity contribution in [2.24, 2.45) is 0 Å². The maximum absolute atomic E-state index is 4.66. The molecule has 0 radical (unpaired) electrons. The van der Waals surface area contributed by atoms with Crippen LogP contribution < -0.4 is 10.2 Å². The van der Waals surface area contributed by atoms with Gasteiger partial charge in [-0.2, -0.15) is 0 Å². The van der Waals surface area contributed by atoms with Crippen LogP contribution in [0.3, 0.4) is 0 Å². The van der Waals surface area contributed by atoms with Crippen LogP contribution in [-0.2, 0) is 0 Å². The molecule has 0 atom stereocenters. The lowest BCUT2D eigenvalue weighted by Gasteiger charge is -2.34. The van der Waals surface area contributed by atoms with Crippen LogP contribution in [0, 0.1) is 0 Å². The average Bonchev–Trinajstić information content (AvgIpc) is 3.37. The first kappa shape index (κ1) is 15.6. The Kier molecular flexibility index (Phi) is 3.74. The van der Waals surface area contributed by atoms with Gasteiger partial charge in [-0.05, 0) is 44.2 Å². The third kappa shape index (κ3) is 2.99. The van der Waals surface area contributed by atoms with E-state index in [0.29, 0.717) is 11.7 Å². The number of rotatable bonds is 4. The highest BCUT2D eigenvalue weighted by Gasteiger charge is 2.23. The van der Waals surface area contributed by atoms with Crippen molar-refractivity contribution >= 4 is 22.7 Å². The quantitative estimate of drug-likeness (QED) is 0.753. The molecule has 2 aromatic heterocycles. The van der Waals surface area contributed by atoms with Gasteiger partial charge in [-0.15, -0.1) is 0 Å². The van der Waals surface area contributed by atoms with Crippen molar-refractivity contribution in [2.75, 3.05) is 43.4 Å². The van der Waals surface area contributed by atoms with Gasteiger partial charge < -0.3 is 20.1 Å². The molecule has 134 valence electrons. The average molecular weight is 349 g/mol. The summed E-state index contributed by atoms with van der Waals surface area (Å²) >= 11 is 0. The first-order valence-electron chi connectivity index (χ1n) is 9.27. The maximum atomic E-state index is 4.66. The molecular formula is C19H23N7. The van der Waals surface area contributed by atoms with E-state index in [-0.39, 0.29) is 0 Å². The summed E-state index contributed by atoms with van der Waals surface area (Å²) in [5, 5.41) is 3.45. The largest absolute Gasteiger partial charge is 0.369 e. The number of benzene rings is 1. The van der Waals surface area contributed by atoms with Crippen molar-refractivity contribution in [1.29, 1.82) is 0 Å². The minimum absolute atomic E-state index is 0.544. The van der Waals surface area contributed by atoms with E-state index in [0.717, 1.165) is 48.9 Å². The molecule has 1 aliphatic heterocycles. The summed E-state index contributed by atoms with van der Waals surface area (Å²) < 4.78 is 0. The van der Waals surface area contributed by atoms with Crippen molar-refractivity contribution in [2.45, 2.75) is 18.9 Å². The summed E-state index contributed by atoms with van der Waals surface area (Å²) in [5.41, 5.74) is 3.94. The van der Waals surface area contributed by atoms with Crippen molar-refractivity contribution in [3.63, 3.8) is 0 Å². The molecule has 1 saturated carbocycles. The first-order valence-corrected chi connectivity index (χ1v) is 9.27. The zero-order chi connectivity index (χ0) is 17.5. The standard InChI is InChI=1S/C19H23N7/c1-25-8-10-26(11-9-25)15-6-2-13(3-7-15)17-23-16-18(22-14-4-5-14)20-12-21-19(16)24-17/h2-3,6-7,12,14H,4-5,8-11H2,1H3,(H2,20,21,22,23,24). The number of aromatic amines is 1. The number of likely N-dealkylation sites (N-methyl/N-ethyl adjacent to an activating group) is 1. The highest BCUT2D eigenvalue weighted by molar-refractivity contribution is 5.85. The van der Waals surface area contributed by atoms with Crippen LogP contribution in [0.5, 0.6) is 0 Å². The molecule has 7 nitrogen and oxygen atoms in total. The summed E-state index contributed by atoms with van der Waals surface area (Å²) in [6.07, 6.45) is 3.99. The highest BCUT2D eigenvalue weighted by Crippen LogP contribution is 2.29. The summed E-state index contributed by atoms with van der Waals surface area (Å²) in [4.78, 5) is 21.5. The smallest absolute Gasteiger partial charge is 0.183 e. The van der Waals surface area contributed by atoms with E-state index in [4.69, 9.17) is 0 Å². The number of imidazole rings is 1. The van der Waals surface area contributed by atoms with Gasteiger partial charge in [0.25, 0.3) is 0 Å². The van der Waals surface area contributed by atoms with E-state index in [1.807, 2.05) is 0 Å². The van der Waals surface area contributed by atoms with Crippen LogP contribution in [0.1, 0.15) is 12.8 Å². The lowest BCUT2D eigenvalue weighted by Crippen LogP contribution is -2.44. The minimum atomic E-state index is 0.544. The summed E-state index contributed by atoms with van der Waals surface area (Å²) in [5.74, 6) is 1.69. The van der Waals surface area contributed by atoms with Gasteiger partial charge in [-0.1, -0.05) is 0 Å². The summed E-state index contributed by atoms with van der Waals surface area (Å²) in [6.45, 7) is 4.38. The molecule has 0 amide bonds. The van der Waals surface area contributed by atoms with Gasteiger partial charge in [0.2, 0.25) is 0 Å². The molecule has 3 aromatic rings. The fourth-order valence-electron chi connectivity index (χ4n) is 3.39. The van der Waals surface area contributed by atoms with Crippen molar-refractivity contribution in [3.8, 4) is 11.4 Å². The first-order chi connectivity index (χ1) is 12.8. The van der Waals surface area contributed by atoms with E-state index in [1.165, 1.54) is 18.5 Å². The Morgan fingerprint density at radius 1 is 1.04 bits per heavy atom. The second-order valence-corrected chi connectivity index (χ2v) is 7.26. The highest BCUT2D eigenvalue weighted by atomic mass is 15.2. The van der Waals surface area contributed by atoms with Crippen LogP contribution >= 0.6 is 0 Å². The van der Waals surface area contributed by atoms with Gasteiger partial charge in [0, 0.05) is 43.5 Å². The number of hydrogen-bond acceptors (Lipinski definition) is 6. The van der Waals surface area contributed by atoms with Gasteiger partial charge in [0.15, 0.2) is 11.5 Å². The lowest BCUT2D eigenvalue weighted by molar-refractivity contribution is 0.313. The summed E-state index contributed by atoms with van der Waals surface area (Å²) in [7, 11) is 2.18. The predicted molar refractivity (Wildman–Crippen MR) is 103 cm³/mol. The molecule has 1 aliphatic carbocycles. The SMILES string of the molecule is CN1CCN(c2ccc(-c3nc4ncnc(NC5CC5)c4[nH]3)cc2)CC1. The van der Waals surface area contributed by atoms with E-state index in [2.05, 4.69) is 66.4 Å². The van der Waals surface area contributed by atoms with Crippen LogP contribution in [0.4, 0.5) is 11.5 Å². The number of nitrogens with zero attached hydrogens (tertiary/aromatic N) is 5. The normalized spacial score (nSPS) is 18.4. The van der Waals surface area contributed by atoms with E-state index in [1.54, 1.807) is 6.33 Å². The van der Waals surface area contributed by atoms with E-state index < -0.39 is 0 Å². The molecular weight excluding hydrogens is 326 g/mol. The molecule has 5 rings (SSSR count). The van der Waals surface area contributed by atoms with Gasteiger partial charge in [-0.25, -0.2) is 15.0 Å². The predicted octanol–water partition coefficient (Wildman–Crippen LogP) is 2.35. The number of piperazine rings is 1. The molecule has 2 fully saturated rings. The molecule has 2 N–H and O–H groups in total. The van der Waals surface area contributed by atoms with Crippen molar-refractivity contribution < 1.29 is 0 Å².